The lowest BCUT2D eigenvalue weighted by Crippen LogP contribution is -2.06. The van der Waals surface area contributed by atoms with Gasteiger partial charge in [0.15, 0.2) is 0 Å². The minimum absolute atomic E-state index is 0.00290. The normalized spacial score (nSPS) is 12.0. The van der Waals surface area contributed by atoms with Crippen molar-refractivity contribution in [3.05, 3.63) is 83.4 Å². The highest BCUT2D eigenvalue weighted by Gasteiger charge is 2.20. The summed E-state index contributed by atoms with van der Waals surface area (Å²) in [4.78, 5) is 5.82. The third kappa shape index (κ3) is 6.10. The zero-order chi connectivity index (χ0) is 24.6. The van der Waals surface area contributed by atoms with Crippen LogP contribution in [0.2, 0.25) is 0 Å². The van der Waals surface area contributed by atoms with E-state index >= 15 is 0 Å². The summed E-state index contributed by atoms with van der Waals surface area (Å²) in [5.41, 5.74) is 4.89. The van der Waals surface area contributed by atoms with Crippen molar-refractivity contribution >= 4 is 11.9 Å². The number of hydrogen-bond acceptors (Lipinski definition) is 7. The van der Waals surface area contributed by atoms with Crippen LogP contribution in [-0.2, 0) is 12.8 Å². The average molecular weight is 485 g/mol. The summed E-state index contributed by atoms with van der Waals surface area (Å²) in [5.74, 6) is 1.56. The number of nitrogens with zero attached hydrogens (tertiary/aromatic N) is 3. The molecule has 0 spiro atoms. The van der Waals surface area contributed by atoms with E-state index in [-0.39, 0.29) is 6.10 Å². The zero-order valence-corrected chi connectivity index (χ0v) is 20.9. The van der Waals surface area contributed by atoms with Gasteiger partial charge in [-0.15, -0.1) is 0 Å². The average Bonchev–Trinajstić information content (AvgIpc) is 3.55. The third-order valence-corrected chi connectivity index (χ3v) is 6.20. The van der Waals surface area contributed by atoms with Crippen LogP contribution >= 0.6 is 11.9 Å². The standard InChI is InChI=1S/C21H19N3O2.C7H9NS/c1-13(2)25-19-10-9-15(11-16(19)12-22)21-23-20(24-26-21)18-8-4-6-14-5-3-7-17(14)18;1-8-9-7-5-3-2-4-6-7/h4,6,8-11,13H,3,5,7H2,1-2H3;2-6,8H,1H3. The molecule has 0 bridgehead atoms. The molecule has 1 aliphatic rings. The van der Waals surface area contributed by atoms with Crippen LogP contribution in [0.25, 0.3) is 22.8 Å². The van der Waals surface area contributed by atoms with Crippen molar-refractivity contribution in [2.75, 3.05) is 7.05 Å². The quantitative estimate of drug-likeness (QED) is 0.314. The number of hydrogen-bond donors (Lipinski definition) is 1. The van der Waals surface area contributed by atoms with E-state index in [4.69, 9.17) is 9.26 Å². The van der Waals surface area contributed by atoms with Crippen molar-refractivity contribution in [2.45, 2.75) is 44.1 Å². The maximum Gasteiger partial charge on any atom is 0.258 e. The Balaban J connectivity index is 0.000000271. The molecule has 6 nitrogen and oxygen atoms in total. The third-order valence-electron chi connectivity index (χ3n) is 5.49. The molecule has 1 N–H and O–H groups in total. The second kappa shape index (κ2) is 11.7. The van der Waals surface area contributed by atoms with Crippen LogP contribution in [-0.4, -0.2) is 23.3 Å². The van der Waals surface area contributed by atoms with E-state index in [0.717, 1.165) is 18.4 Å². The van der Waals surface area contributed by atoms with Gasteiger partial charge in [-0.05, 0) is 93.6 Å². The predicted molar refractivity (Wildman–Crippen MR) is 139 cm³/mol. The van der Waals surface area contributed by atoms with Gasteiger partial charge in [0.25, 0.3) is 5.89 Å². The van der Waals surface area contributed by atoms with E-state index in [1.54, 1.807) is 24.1 Å². The van der Waals surface area contributed by atoms with Crippen LogP contribution in [0.3, 0.4) is 0 Å². The molecule has 35 heavy (non-hydrogen) atoms. The van der Waals surface area contributed by atoms with Crippen LogP contribution in [0.5, 0.6) is 5.75 Å². The summed E-state index contributed by atoms with van der Waals surface area (Å²) < 4.78 is 14.1. The first-order valence-corrected chi connectivity index (χ1v) is 12.5. The zero-order valence-electron chi connectivity index (χ0n) is 20.1. The molecule has 0 amide bonds. The molecular weight excluding hydrogens is 456 g/mol. The Bertz CT molecular complexity index is 1310. The maximum atomic E-state index is 9.40. The Hall–Kier alpha value is -3.60. The lowest BCUT2D eigenvalue weighted by atomic mass is 10.0. The first-order chi connectivity index (χ1) is 17.1. The molecule has 4 aromatic rings. The first kappa shape index (κ1) is 24.5. The molecular formula is C28H28N4O2S. The van der Waals surface area contributed by atoms with Gasteiger partial charge in [0.05, 0.1) is 11.7 Å². The summed E-state index contributed by atoms with van der Waals surface area (Å²) >= 11 is 1.63. The Morgan fingerprint density at radius 2 is 1.89 bits per heavy atom. The number of aryl methyl sites for hydroxylation is 1. The molecule has 7 heteroatoms. The van der Waals surface area contributed by atoms with Gasteiger partial charge in [0, 0.05) is 16.0 Å². The van der Waals surface area contributed by atoms with Crippen molar-refractivity contribution < 1.29 is 9.26 Å². The molecule has 0 saturated heterocycles. The monoisotopic (exact) mass is 484 g/mol. The van der Waals surface area contributed by atoms with E-state index in [1.807, 2.05) is 57.3 Å². The molecule has 3 aromatic carbocycles. The van der Waals surface area contributed by atoms with Crippen molar-refractivity contribution in [3.63, 3.8) is 0 Å². The second-order valence-corrected chi connectivity index (χ2v) is 9.41. The van der Waals surface area contributed by atoms with E-state index in [0.29, 0.717) is 28.6 Å². The van der Waals surface area contributed by atoms with Gasteiger partial charge in [-0.2, -0.15) is 10.2 Å². The number of fused-ring (bicyclic) bond motifs is 1. The highest BCUT2D eigenvalue weighted by atomic mass is 32.2. The fourth-order valence-corrected chi connectivity index (χ4v) is 4.52. The first-order valence-electron chi connectivity index (χ1n) is 11.6. The van der Waals surface area contributed by atoms with Crippen LogP contribution < -0.4 is 9.46 Å². The van der Waals surface area contributed by atoms with Gasteiger partial charge in [-0.25, -0.2) is 0 Å². The Morgan fingerprint density at radius 3 is 2.63 bits per heavy atom. The van der Waals surface area contributed by atoms with Gasteiger partial charge in [0.2, 0.25) is 5.82 Å². The highest BCUT2D eigenvalue weighted by molar-refractivity contribution is 7.97. The number of ether oxygens (including phenoxy) is 1. The SMILES string of the molecule is CC(C)Oc1ccc(-c2nc(-c3cccc4c3CCC4)no2)cc1C#N.CNSc1ccccc1. The Morgan fingerprint density at radius 1 is 1.06 bits per heavy atom. The van der Waals surface area contributed by atoms with Crippen molar-refractivity contribution in [2.24, 2.45) is 0 Å². The smallest absolute Gasteiger partial charge is 0.258 e. The number of rotatable bonds is 6. The molecule has 178 valence electrons. The molecule has 0 aliphatic heterocycles. The van der Waals surface area contributed by atoms with Gasteiger partial charge in [-0.3, -0.25) is 4.72 Å². The molecule has 0 saturated carbocycles. The molecule has 0 unspecified atom stereocenters. The number of aromatic nitrogens is 2. The molecule has 0 fully saturated rings. The lowest BCUT2D eigenvalue weighted by molar-refractivity contribution is 0.241. The minimum Gasteiger partial charge on any atom is -0.490 e. The van der Waals surface area contributed by atoms with Crippen molar-refractivity contribution in [1.82, 2.24) is 14.9 Å². The fourth-order valence-electron chi connectivity index (χ4n) is 3.99. The molecule has 1 aliphatic carbocycles. The van der Waals surface area contributed by atoms with Crippen LogP contribution in [0.15, 0.2) is 76.1 Å². The van der Waals surface area contributed by atoms with E-state index in [2.05, 4.69) is 39.1 Å². The maximum absolute atomic E-state index is 9.40. The van der Waals surface area contributed by atoms with E-state index in [9.17, 15) is 5.26 Å². The summed E-state index contributed by atoms with van der Waals surface area (Å²) in [6.45, 7) is 3.86. The van der Waals surface area contributed by atoms with E-state index < -0.39 is 0 Å². The van der Waals surface area contributed by atoms with Gasteiger partial charge in [0.1, 0.15) is 11.8 Å². The summed E-state index contributed by atoms with van der Waals surface area (Å²) in [5, 5.41) is 13.6. The second-order valence-electron chi connectivity index (χ2n) is 8.33. The largest absolute Gasteiger partial charge is 0.490 e. The Labute approximate surface area is 210 Å². The Kier molecular flexibility index (Phi) is 8.19. The van der Waals surface area contributed by atoms with Crippen LogP contribution in [0.1, 0.15) is 37.0 Å². The fraction of sp³-hybridized carbons (Fsp3) is 0.250. The highest BCUT2D eigenvalue weighted by Crippen LogP contribution is 2.33. The number of nitrogens with one attached hydrogen (secondary N) is 1. The lowest BCUT2D eigenvalue weighted by Gasteiger charge is -2.11. The number of benzene rings is 3. The van der Waals surface area contributed by atoms with Crippen LogP contribution in [0.4, 0.5) is 0 Å². The van der Waals surface area contributed by atoms with E-state index in [1.165, 1.54) is 22.4 Å². The predicted octanol–water partition coefficient (Wildman–Crippen LogP) is 6.46. The summed E-state index contributed by atoms with van der Waals surface area (Å²) in [7, 11) is 1.91. The number of nitriles is 1. The topological polar surface area (TPSA) is 84.0 Å². The summed E-state index contributed by atoms with van der Waals surface area (Å²) in [6, 6.07) is 24.0. The minimum atomic E-state index is 0.00290. The molecule has 5 rings (SSSR count). The van der Waals surface area contributed by atoms with Gasteiger partial charge in [-0.1, -0.05) is 41.6 Å². The molecule has 1 heterocycles. The van der Waals surface area contributed by atoms with Crippen molar-refractivity contribution in [1.29, 1.82) is 5.26 Å². The molecule has 0 atom stereocenters. The van der Waals surface area contributed by atoms with Crippen molar-refractivity contribution in [3.8, 4) is 34.7 Å². The van der Waals surface area contributed by atoms with Gasteiger partial charge >= 0.3 is 0 Å². The molecule has 0 radical (unpaired) electrons. The van der Waals surface area contributed by atoms with Crippen LogP contribution in [0, 0.1) is 11.3 Å². The molecule has 1 aromatic heterocycles. The summed E-state index contributed by atoms with van der Waals surface area (Å²) in [6.07, 6.45) is 3.33. The van der Waals surface area contributed by atoms with Gasteiger partial charge < -0.3 is 9.26 Å².